The van der Waals surface area contributed by atoms with E-state index in [-0.39, 0.29) is 6.04 Å². The molecular weight excluding hydrogens is 372 g/mol. The van der Waals surface area contributed by atoms with Gasteiger partial charge in [0, 0.05) is 17.1 Å². The van der Waals surface area contributed by atoms with E-state index in [1.54, 1.807) is 0 Å². The Labute approximate surface area is 178 Å². The number of para-hydroxylation sites is 1. The van der Waals surface area contributed by atoms with Gasteiger partial charge < -0.3 is 10.3 Å². The van der Waals surface area contributed by atoms with E-state index in [4.69, 9.17) is 0 Å². The molecule has 2 aliphatic carbocycles. The van der Waals surface area contributed by atoms with Crippen molar-refractivity contribution >= 4 is 10.9 Å². The minimum Gasteiger partial charge on any atom is -0.361 e. The van der Waals surface area contributed by atoms with Gasteiger partial charge in [0.2, 0.25) is 0 Å². The van der Waals surface area contributed by atoms with Crippen LogP contribution in [0, 0.1) is 5.92 Å². The first-order valence-corrected chi connectivity index (χ1v) is 11.6. The van der Waals surface area contributed by atoms with Crippen molar-refractivity contribution in [1.82, 2.24) is 30.5 Å². The number of nitrogens with one attached hydrogen (secondary N) is 2. The quantitative estimate of drug-likeness (QED) is 0.550. The lowest BCUT2D eigenvalue weighted by atomic mass is 9.86. The highest BCUT2D eigenvalue weighted by atomic mass is 15.6. The van der Waals surface area contributed by atoms with Crippen LogP contribution in [0.2, 0.25) is 0 Å². The van der Waals surface area contributed by atoms with Gasteiger partial charge in [-0.25, -0.2) is 4.68 Å². The maximum atomic E-state index is 4.54. The molecule has 2 aromatic heterocycles. The third-order valence-electron chi connectivity index (χ3n) is 6.93. The summed E-state index contributed by atoms with van der Waals surface area (Å²) in [4.78, 5) is 3.40. The summed E-state index contributed by atoms with van der Waals surface area (Å²) in [5, 5.41) is 18.3. The monoisotopic (exact) mass is 404 g/mol. The minimum absolute atomic E-state index is 0.206. The van der Waals surface area contributed by atoms with Crippen LogP contribution in [0.1, 0.15) is 74.8 Å². The van der Waals surface area contributed by atoms with Crippen LogP contribution in [-0.2, 0) is 6.42 Å². The molecular formula is C24H32N6. The standard InChI is InChI=1S/C24H32N6/c1-3-9-18(10-4-1)23(24-27-28-29-30(24)20-11-5-2-6-12-20)25-16-15-19-17-26-22-14-8-7-13-21(19)22/h1,3,7-8,13-14,17-18,20,23,25-26H,2,4-6,9-12,15-16H2/t18-,23-/m1/s1. The van der Waals surface area contributed by atoms with Crippen molar-refractivity contribution in [2.24, 2.45) is 5.92 Å². The summed E-state index contributed by atoms with van der Waals surface area (Å²) < 4.78 is 2.15. The summed E-state index contributed by atoms with van der Waals surface area (Å²) in [6.07, 6.45) is 17.5. The van der Waals surface area contributed by atoms with E-state index in [1.807, 2.05) is 0 Å². The van der Waals surface area contributed by atoms with Crippen LogP contribution in [0.15, 0.2) is 42.6 Å². The molecule has 2 aliphatic rings. The van der Waals surface area contributed by atoms with E-state index in [0.717, 1.165) is 31.6 Å². The lowest BCUT2D eigenvalue weighted by molar-refractivity contribution is 0.274. The molecule has 0 aliphatic heterocycles. The highest BCUT2D eigenvalue weighted by molar-refractivity contribution is 5.83. The zero-order valence-corrected chi connectivity index (χ0v) is 17.6. The Morgan fingerprint density at radius 3 is 2.87 bits per heavy atom. The molecule has 0 unspecified atom stereocenters. The highest BCUT2D eigenvalue weighted by Gasteiger charge is 2.30. The first kappa shape index (κ1) is 19.5. The molecule has 30 heavy (non-hydrogen) atoms. The number of tetrazole rings is 1. The largest absolute Gasteiger partial charge is 0.361 e. The van der Waals surface area contributed by atoms with Crippen LogP contribution in [0.4, 0.5) is 0 Å². The molecule has 2 N–H and O–H groups in total. The maximum Gasteiger partial charge on any atom is 0.168 e. The number of hydrogen-bond donors (Lipinski definition) is 2. The SMILES string of the molecule is C1=CC[C@@H]([C@@H](NCCc2c[nH]c3ccccc23)c2nnnn2C2CCCCC2)CC1. The van der Waals surface area contributed by atoms with E-state index < -0.39 is 0 Å². The fourth-order valence-corrected chi connectivity index (χ4v) is 5.28. The Hall–Kier alpha value is -2.47. The van der Waals surface area contributed by atoms with Crippen molar-refractivity contribution in [2.45, 2.75) is 69.9 Å². The van der Waals surface area contributed by atoms with Gasteiger partial charge in [-0.15, -0.1) is 5.10 Å². The van der Waals surface area contributed by atoms with Crippen LogP contribution in [-0.4, -0.2) is 31.7 Å². The molecule has 158 valence electrons. The van der Waals surface area contributed by atoms with Gasteiger partial charge in [-0.1, -0.05) is 49.6 Å². The lowest BCUT2D eigenvalue weighted by Gasteiger charge is -2.30. The van der Waals surface area contributed by atoms with Gasteiger partial charge in [0.1, 0.15) is 0 Å². The van der Waals surface area contributed by atoms with Gasteiger partial charge >= 0.3 is 0 Å². The number of aromatic nitrogens is 5. The number of benzene rings is 1. The molecule has 2 atom stereocenters. The summed E-state index contributed by atoms with van der Waals surface area (Å²) in [5.41, 5.74) is 2.58. The molecule has 1 saturated carbocycles. The predicted molar refractivity (Wildman–Crippen MR) is 119 cm³/mol. The second-order valence-electron chi connectivity index (χ2n) is 8.86. The van der Waals surface area contributed by atoms with E-state index >= 15 is 0 Å². The van der Waals surface area contributed by atoms with E-state index in [0.29, 0.717) is 12.0 Å². The molecule has 0 saturated heterocycles. The third kappa shape index (κ3) is 4.06. The van der Waals surface area contributed by atoms with Gasteiger partial charge in [-0.05, 0) is 73.0 Å². The van der Waals surface area contributed by atoms with Crippen molar-refractivity contribution < 1.29 is 0 Å². The van der Waals surface area contributed by atoms with Gasteiger partial charge in [-0.2, -0.15) is 0 Å². The van der Waals surface area contributed by atoms with Crippen LogP contribution in [0.5, 0.6) is 0 Å². The molecule has 0 amide bonds. The zero-order valence-electron chi connectivity index (χ0n) is 17.6. The van der Waals surface area contributed by atoms with Gasteiger partial charge in [0.15, 0.2) is 5.82 Å². The number of aromatic amines is 1. The van der Waals surface area contributed by atoms with Crippen molar-refractivity contribution in [3.63, 3.8) is 0 Å². The van der Waals surface area contributed by atoms with Gasteiger partial charge in [-0.3, -0.25) is 0 Å². The van der Waals surface area contributed by atoms with Crippen LogP contribution in [0.3, 0.4) is 0 Å². The average molecular weight is 405 g/mol. The Morgan fingerprint density at radius 1 is 1.10 bits per heavy atom. The maximum absolute atomic E-state index is 4.54. The molecule has 1 fully saturated rings. The van der Waals surface area contributed by atoms with Crippen molar-refractivity contribution in [1.29, 1.82) is 0 Å². The van der Waals surface area contributed by atoms with E-state index in [2.05, 4.69) is 73.1 Å². The molecule has 2 heterocycles. The molecule has 0 spiro atoms. The van der Waals surface area contributed by atoms with Crippen molar-refractivity contribution in [2.75, 3.05) is 6.54 Å². The Kier molecular flexibility index (Phi) is 5.93. The van der Waals surface area contributed by atoms with E-state index in [1.165, 1.54) is 55.0 Å². The summed E-state index contributed by atoms with van der Waals surface area (Å²) in [5.74, 6) is 1.59. The number of H-pyrrole nitrogens is 1. The van der Waals surface area contributed by atoms with Crippen LogP contribution >= 0.6 is 0 Å². The van der Waals surface area contributed by atoms with Gasteiger partial charge in [0.05, 0.1) is 12.1 Å². The molecule has 6 nitrogen and oxygen atoms in total. The molecule has 1 aromatic carbocycles. The first-order valence-electron chi connectivity index (χ1n) is 11.6. The Bertz CT molecular complexity index is 980. The normalized spacial score (nSPS) is 21.3. The topological polar surface area (TPSA) is 71.4 Å². The van der Waals surface area contributed by atoms with Crippen LogP contribution < -0.4 is 5.32 Å². The molecule has 6 heteroatoms. The number of allylic oxidation sites excluding steroid dienone is 2. The lowest BCUT2D eigenvalue weighted by Crippen LogP contribution is -2.34. The number of fused-ring (bicyclic) bond motifs is 1. The highest BCUT2D eigenvalue weighted by Crippen LogP contribution is 2.34. The Balaban J connectivity index is 1.34. The second-order valence-corrected chi connectivity index (χ2v) is 8.86. The summed E-state index contributed by atoms with van der Waals surface area (Å²) in [6, 6.07) is 9.20. The third-order valence-corrected chi connectivity index (χ3v) is 6.93. The second kappa shape index (κ2) is 9.13. The van der Waals surface area contributed by atoms with Gasteiger partial charge in [0.25, 0.3) is 0 Å². The molecule has 0 bridgehead atoms. The first-order chi connectivity index (χ1) is 14.9. The fraction of sp³-hybridized carbons (Fsp3) is 0.542. The zero-order chi connectivity index (χ0) is 20.2. The summed E-state index contributed by atoms with van der Waals surface area (Å²) >= 11 is 0. The van der Waals surface area contributed by atoms with Crippen molar-refractivity contribution in [3.05, 3.63) is 54.0 Å². The number of nitrogens with zero attached hydrogens (tertiary/aromatic N) is 4. The predicted octanol–water partition coefficient (Wildman–Crippen LogP) is 4.89. The molecule has 3 aromatic rings. The molecule has 5 rings (SSSR count). The number of hydrogen-bond acceptors (Lipinski definition) is 4. The number of rotatable bonds is 7. The molecule has 0 radical (unpaired) electrons. The minimum atomic E-state index is 0.206. The summed E-state index contributed by atoms with van der Waals surface area (Å²) in [7, 11) is 0. The van der Waals surface area contributed by atoms with Crippen LogP contribution in [0.25, 0.3) is 10.9 Å². The van der Waals surface area contributed by atoms with E-state index in [9.17, 15) is 0 Å². The van der Waals surface area contributed by atoms with Crippen molar-refractivity contribution in [3.8, 4) is 0 Å². The Morgan fingerprint density at radius 2 is 2.00 bits per heavy atom. The fourth-order valence-electron chi connectivity index (χ4n) is 5.28. The smallest absolute Gasteiger partial charge is 0.168 e. The summed E-state index contributed by atoms with van der Waals surface area (Å²) in [6.45, 7) is 0.921. The average Bonchev–Trinajstić information content (AvgIpc) is 3.45.